The van der Waals surface area contributed by atoms with Crippen LogP contribution >= 0.6 is 0 Å². The predicted octanol–water partition coefficient (Wildman–Crippen LogP) is 4.84. The third-order valence-electron chi connectivity index (χ3n) is 7.99. The molecule has 8 nitrogen and oxygen atoms in total. The van der Waals surface area contributed by atoms with Crippen LogP contribution in [-0.4, -0.2) is 43.5 Å². The largest absolute Gasteiger partial charge is 0.492 e. The van der Waals surface area contributed by atoms with Gasteiger partial charge in [-0.05, 0) is 73.1 Å². The van der Waals surface area contributed by atoms with Gasteiger partial charge < -0.3 is 19.4 Å². The number of alkyl carbamates (subject to hydrolysis) is 1. The summed E-state index contributed by atoms with van der Waals surface area (Å²) < 4.78 is 18.3. The van der Waals surface area contributed by atoms with E-state index in [0.29, 0.717) is 11.0 Å². The summed E-state index contributed by atoms with van der Waals surface area (Å²) in [5.41, 5.74) is 7.64. The number of nitrogen functional groups attached to an aromatic ring is 1. The second kappa shape index (κ2) is 10.9. The Morgan fingerprint density at radius 1 is 0.900 bits per heavy atom. The molecule has 4 N–H and O–H groups in total. The van der Waals surface area contributed by atoms with Crippen molar-refractivity contribution in [1.82, 2.24) is 10.7 Å². The Kier molecular flexibility index (Phi) is 7.55. The number of fused-ring (bicyclic) bond motifs is 3. The van der Waals surface area contributed by atoms with Crippen molar-refractivity contribution >= 4 is 25.2 Å². The Morgan fingerprint density at radius 3 is 2.00 bits per heavy atom. The number of nitrogens with two attached hydrogens (primary N) is 1. The van der Waals surface area contributed by atoms with Crippen molar-refractivity contribution < 1.29 is 23.6 Å². The molecule has 1 fully saturated rings. The van der Waals surface area contributed by atoms with Crippen molar-refractivity contribution in [3.05, 3.63) is 101 Å². The zero-order valence-corrected chi connectivity index (χ0v) is 23.2. The van der Waals surface area contributed by atoms with Crippen LogP contribution in [0.15, 0.2) is 78.3 Å². The molecule has 3 aromatic carbocycles. The third kappa shape index (κ3) is 5.40. The molecular formula is C31H34BN3O5. The summed E-state index contributed by atoms with van der Waals surface area (Å²) in [5.74, 6) is 4.84. The van der Waals surface area contributed by atoms with Crippen LogP contribution in [0.4, 0.5) is 4.79 Å². The molecule has 0 aromatic heterocycles. The first-order valence-electron chi connectivity index (χ1n) is 13.4. The van der Waals surface area contributed by atoms with E-state index in [9.17, 15) is 9.59 Å². The smallest absolute Gasteiger partial charge is 0.449 e. The van der Waals surface area contributed by atoms with E-state index in [2.05, 4.69) is 35.0 Å². The normalized spacial score (nSPS) is 17.2. The van der Waals surface area contributed by atoms with Gasteiger partial charge in [0.1, 0.15) is 6.61 Å². The maximum Gasteiger partial charge on any atom is 0.492 e. The van der Waals surface area contributed by atoms with Crippen molar-refractivity contribution in [1.29, 1.82) is 0 Å². The zero-order valence-electron chi connectivity index (χ0n) is 23.2. The minimum absolute atomic E-state index is 0.0273. The van der Waals surface area contributed by atoms with E-state index in [1.807, 2.05) is 58.0 Å². The fourth-order valence-electron chi connectivity index (χ4n) is 5.05. The number of hydrogen-bond donors (Lipinski definition) is 3. The molecule has 206 valence electrons. The predicted molar refractivity (Wildman–Crippen MR) is 155 cm³/mol. The molecule has 3 aromatic rings. The van der Waals surface area contributed by atoms with Gasteiger partial charge in [0.25, 0.3) is 5.91 Å². The highest BCUT2D eigenvalue weighted by Crippen LogP contribution is 2.44. The van der Waals surface area contributed by atoms with Gasteiger partial charge in [-0.2, -0.15) is 0 Å². The molecule has 2 amide bonds. The van der Waals surface area contributed by atoms with Gasteiger partial charge in [-0.25, -0.2) is 10.6 Å². The van der Waals surface area contributed by atoms with Crippen LogP contribution in [0.25, 0.3) is 17.2 Å². The monoisotopic (exact) mass is 539 g/mol. The van der Waals surface area contributed by atoms with E-state index in [1.54, 1.807) is 24.3 Å². The summed E-state index contributed by atoms with van der Waals surface area (Å²) in [5, 5.41) is 2.88. The lowest BCUT2D eigenvalue weighted by Gasteiger charge is -2.32. The first-order valence-corrected chi connectivity index (χ1v) is 13.4. The standard InChI is InChI=1S/C31H34BN3O5/c1-30(2)31(3,4)40-32(39-30)22(17-20-13-15-21(16-14-20)28(36)35-33)18-34-29(37)38-19-27-25-11-7-5-9-23(25)24-10-6-8-12-26(24)27/h5-17,27H,18-19,33H2,1-4H3,(H,34,37)(H,35,36). The Bertz CT molecular complexity index is 1390. The molecular weight excluding hydrogens is 505 g/mol. The number of hydrazine groups is 1. The number of carbonyl (C=O) groups is 2. The molecule has 40 heavy (non-hydrogen) atoms. The maximum absolute atomic E-state index is 12.9. The highest BCUT2D eigenvalue weighted by molar-refractivity contribution is 6.56. The van der Waals surface area contributed by atoms with E-state index >= 15 is 0 Å². The minimum atomic E-state index is -0.675. The molecule has 5 rings (SSSR count). The first-order chi connectivity index (χ1) is 19.1. The van der Waals surface area contributed by atoms with Crippen molar-refractivity contribution in [2.45, 2.75) is 44.8 Å². The molecule has 1 saturated heterocycles. The Labute approximate surface area is 235 Å². The lowest BCUT2D eigenvalue weighted by molar-refractivity contribution is 0.00578. The molecule has 1 heterocycles. The second-order valence-corrected chi connectivity index (χ2v) is 11.1. The summed E-state index contributed by atoms with van der Waals surface area (Å²) in [7, 11) is -0.675. The highest BCUT2D eigenvalue weighted by atomic mass is 16.7. The van der Waals surface area contributed by atoms with E-state index < -0.39 is 24.4 Å². The molecule has 0 unspecified atom stereocenters. The maximum atomic E-state index is 12.9. The average molecular weight is 539 g/mol. The number of nitrogens with one attached hydrogen (secondary N) is 2. The molecule has 9 heteroatoms. The quantitative estimate of drug-likeness (QED) is 0.171. The second-order valence-electron chi connectivity index (χ2n) is 11.1. The van der Waals surface area contributed by atoms with Crippen LogP contribution in [0, 0.1) is 0 Å². The lowest BCUT2D eigenvalue weighted by Crippen LogP contribution is -2.41. The SMILES string of the molecule is CC1(C)OB(C(=Cc2ccc(C(=O)NN)cc2)CNC(=O)OCC2c3ccccc3-c3ccccc32)OC1(C)C. The van der Waals surface area contributed by atoms with E-state index in [1.165, 1.54) is 11.1 Å². The van der Waals surface area contributed by atoms with Gasteiger partial charge in [0.05, 0.1) is 11.2 Å². The number of ether oxygens (including phenoxy) is 1. The molecule has 0 bridgehead atoms. The van der Waals surface area contributed by atoms with E-state index in [-0.39, 0.29) is 25.0 Å². The molecule has 1 aliphatic heterocycles. The number of amides is 2. The molecule has 0 radical (unpaired) electrons. The zero-order chi connectivity index (χ0) is 28.5. The van der Waals surface area contributed by atoms with Gasteiger partial charge in [-0.15, -0.1) is 0 Å². The summed E-state index contributed by atoms with van der Waals surface area (Å²) in [6.45, 7) is 8.28. The highest BCUT2D eigenvalue weighted by Gasteiger charge is 2.52. The van der Waals surface area contributed by atoms with Gasteiger partial charge in [0, 0.05) is 18.0 Å². The fourth-order valence-corrected chi connectivity index (χ4v) is 5.05. The Balaban J connectivity index is 1.30. The number of benzene rings is 3. The van der Waals surface area contributed by atoms with Gasteiger partial charge in [0.15, 0.2) is 0 Å². The van der Waals surface area contributed by atoms with Crippen LogP contribution in [0.2, 0.25) is 0 Å². The van der Waals surface area contributed by atoms with Gasteiger partial charge in [-0.1, -0.05) is 66.7 Å². The first kappa shape index (κ1) is 27.6. The minimum Gasteiger partial charge on any atom is -0.449 e. The summed E-state index contributed by atoms with van der Waals surface area (Å²) >= 11 is 0. The molecule has 2 aliphatic rings. The topological polar surface area (TPSA) is 112 Å². The lowest BCUT2D eigenvalue weighted by atomic mass is 9.77. The molecule has 0 saturated carbocycles. The van der Waals surface area contributed by atoms with Crippen molar-refractivity contribution in [3.63, 3.8) is 0 Å². The van der Waals surface area contributed by atoms with Gasteiger partial charge >= 0.3 is 13.2 Å². The Morgan fingerprint density at radius 2 is 1.45 bits per heavy atom. The molecule has 0 atom stereocenters. The molecule has 0 spiro atoms. The van der Waals surface area contributed by atoms with E-state index in [0.717, 1.165) is 16.7 Å². The molecule has 1 aliphatic carbocycles. The fraction of sp³-hybridized carbons (Fsp3) is 0.290. The summed E-state index contributed by atoms with van der Waals surface area (Å²) in [4.78, 5) is 24.7. The van der Waals surface area contributed by atoms with E-state index in [4.69, 9.17) is 19.9 Å². The average Bonchev–Trinajstić information content (AvgIpc) is 3.38. The van der Waals surface area contributed by atoms with Crippen LogP contribution in [0.5, 0.6) is 0 Å². The van der Waals surface area contributed by atoms with Gasteiger partial charge in [-0.3, -0.25) is 10.2 Å². The van der Waals surface area contributed by atoms with Crippen LogP contribution in [0.3, 0.4) is 0 Å². The summed E-state index contributed by atoms with van der Waals surface area (Å²) in [6, 6.07) is 23.4. The van der Waals surface area contributed by atoms with Crippen LogP contribution in [0.1, 0.15) is 60.7 Å². The van der Waals surface area contributed by atoms with Gasteiger partial charge in [0.2, 0.25) is 0 Å². The van der Waals surface area contributed by atoms with Crippen molar-refractivity contribution in [2.75, 3.05) is 13.2 Å². The summed E-state index contributed by atoms with van der Waals surface area (Å²) in [6.07, 6.45) is 1.36. The third-order valence-corrected chi connectivity index (χ3v) is 7.99. The number of carbonyl (C=O) groups excluding carboxylic acids is 2. The van der Waals surface area contributed by atoms with Crippen molar-refractivity contribution in [2.24, 2.45) is 5.84 Å². The van der Waals surface area contributed by atoms with Crippen molar-refractivity contribution in [3.8, 4) is 11.1 Å². The van der Waals surface area contributed by atoms with Crippen LogP contribution in [-0.2, 0) is 14.0 Å². The van der Waals surface area contributed by atoms with Crippen LogP contribution < -0.4 is 16.6 Å². The Hall–Kier alpha value is -3.92. The number of rotatable bonds is 7. The number of hydrogen-bond acceptors (Lipinski definition) is 6.